The fraction of sp³-hybridized carbons (Fsp3) is 0.500. The zero-order valence-corrected chi connectivity index (χ0v) is 12.3. The molecule has 1 heterocycles. The van der Waals surface area contributed by atoms with E-state index in [4.69, 9.17) is 4.74 Å². The molecule has 3 rings (SSSR count). The van der Waals surface area contributed by atoms with Crippen LogP contribution >= 0.6 is 0 Å². The summed E-state index contributed by atoms with van der Waals surface area (Å²) in [5.74, 6) is 0.999. The highest BCUT2D eigenvalue weighted by atomic mass is 16.5. The topological polar surface area (TPSA) is 58.6 Å². The molecule has 1 saturated heterocycles. The lowest BCUT2D eigenvalue weighted by Gasteiger charge is -2.38. The maximum atomic E-state index is 12.8. The number of nitrogens with zero attached hydrogens (tertiary/aromatic N) is 1. The maximum absolute atomic E-state index is 12.8. The maximum Gasteiger partial charge on any atom is 0.250 e. The number of rotatable bonds is 4. The molecule has 1 aromatic rings. The van der Waals surface area contributed by atoms with Gasteiger partial charge in [-0.2, -0.15) is 0 Å². The normalized spacial score (nSPS) is 25.7. The Labute approximate surface area is 124 Å². The van der Waals surface area contributed by atoms with E-state index in [1.54, 1.807) is 12.0 Å². The van der Waals surface area contributed by atoms with Crippen LogP contribution in [0, 0.1) is 5.92 Å². The number of carbonyl (C=O) groups excluding carboxylic acids is 2. The van der Waals surface area contributed by atoms with Gasteiger partial charge in [0, 0.05) is 5.69 Å². The summed E-state index contributed by atoms with van der Waals surface area (Å²) in [4.78, 5) is 26.7. The quantitative estimate of drug-likeness (QED) is 0.917. The smallest absolute Gasteiger partial charge is 0.250 e. The molecular formula is C16H20N2O3. The number of carbonyl (C=O) groups is 2. The van der Waals surface area contributed by atoms with E-state index in [0.717, 1.165) is 24.3 Å². The number of anilines is 1. The minimum absolute atomic E-state index is 0.00844. The number of nitrogens with one attached hydrogen (secondary N) is 1. The van der Waals surface area contributed by atoms with Gasteiger partial charge in [-0.1, -0.05) is 6.92 Å². The average molecular weight is 288 g/mol. The highest BCUT2D eigenvalue weighted by Crippen LogP contribution is 2.36. The first-order chi connectivity index (χ1) is 10.2. The summed E-state index contributed by atoms with van der Waals surface area (Å²) in [6, 6.07) is 6.51. The van der Waals surface area contributed by atoms with E-state index >= 15 is 0 Å². The number of hydrogen-bond donors (Lipinski definition) is 1. The predicted molar refractivity (Wildman–Crippen MR) is 79.2 cm³/mol. The van der Waals surface area contributed by atoms with Crippen molar-refractivity contribution in [2.75, 3.05) is 12.0 Å². The summed E-state index contributed by atoms with van der Waals surface area (Å²) < 4.78 is 5.14. The first-order valence-electron chi connectivity index (χ1n) is 7.43. The lowest BCUT2D eigenvalue weighted by molar-refractivity contribution is -0.134. The lowest BCUT2D eigenvalue weighted by Crippen LogP contribution is -2.64. The summed E-state index contributed by atoms with van der Waals surface area (Å²) in [5, 5.41) is 2.90. The predicted octanol–water partition coefficient (Wildman–Crippen LogP) is 1.72. The fourth-order valence-corrected chi connectivity index (χ4v) is 2.90. The minimum Gasteiger partial charge on any atom is -0.497 e. The number of hydrogen-bond acceptors (Lipinski definition) is 3. The van der Waals surface area contributed by atoms with Crippen molar-refractivity contribution in [1.82, 2.24) is 5.32 Å². The van der Waals surface area contributed by atoms with E-state index < -0.39 is 6.04 Å². The molecule has 0 bridgehead atoms. The lowest BCUT2D eigenvalue weighted by atomic mass is 10.0. The first-order valence-corrected chi connectivity index (χ1v) is 7.43. The first kappa shape index (κ1) is 13.9. The van der Waals surface area contributed by atoms with E-state index in [9.17, 15) is 9.59 Å². The second-order valence-electron chi connectivity index (χ2n) is 5.65. The van der Waals surface area contributed by atoms with Gasteiger partial charge in [0.25, 0.3) is 5.91 Å². The van der Waals surface area contributed by atoms with Gasteiger partial charge < -0.3 is 10.1 Å². The molecular weight excluding hydrogens is 268 g/mol. The molecule has 1 aliphatic heterocycles. The Hall–Kier alpha value is -2.04. The third-order valence-electron chi connectivity index (χ3n) is 4.25. The Kier molecular flexibility index (Phi) is 3.57. The molecule has 1 aliphatic carbocycles. The van der Waals surface area contributed by atoms with Crippen LogP contribution in [-0.2, 0) is 9.59 Å². The minimum atomic E-state index is -0.430. The zero-order valence-electron chi connectivity index (χ0n) is 12.3. The van der Waals surface area contributed by atoms with Crippen LogP contribution in [0.2, 0.25) is 0 Å². The third kappa shape index (κ3) is 2.48. The van der Waals surface area contributed by atoms with Crippen LogP contribution < -0.4 is 15.0 Å². The van der Waals surface area contributed by atoms with Crippen LogP contribution in [0.5, 0.6) is 5.75 Å². The van der Waals surface area contributed by atoms with E-state index in [0.29, 0.717) is 12.3 Å². The summed E-state index contributed by atoms with van der Waals surface area (Å²) >= 11 is 0. The Morgan fingerprint density at radius 2 is 1.90 bits per heavy atom. The van der Waals surface area contributed by atoms with Crippen molar-refractivity contribution in [2.45, 2.75) is 38.3 Å². The molecule has 0 aromatic heterocycles. The molecule has 1 saturated carbocycles. The summed E-state index contributed by atoms with van der Waals surface area (Å²) in [6.07, 6.45) is 2.63. The monoisotopic (exact) mass is 288 g/mol. The van der Waals surface area contributed by atoms with Crippen molar-refractivity contribution >= 4 is 17.5 Å². The second kappa shape index (κ2) is 5.39. The molecule has 0 spiro atoms. The molecule has 2 unspecified atom stereocenters. The molecule has 5 heteroatoms. The highest BCUT2D eigenvalue weighted by Gasteiger charge is 2.46. The van der Waals surface area contributed by atoms with Gasteiger partial charge in [0.05, 0.1) is 7.11 Å². The molecule has 21 heavy (non-hydrogen) atoms. The SMILES string of the molecule is CCC1C(=O)NC(C2CC2)C(=O)N1c1ccc(OC)cc1. The van der Waals surface area contributed by atoms with E-state index in [-0.39, 0.29) is 17.9 Å². The molecule has 2 fully saturated rings. The average Bonchev–Trinajstić information content (AvgIpc) is 3.33. The van der Waals surface area contributed by atoms with Crippen molar-refractivity contribution < 1.29 is 14.3 Å². The van der Waals surface area contributed by atoms with Crippen molar-refractivity contribution in [3.63, 3.8) is 0 Å². The molecule has 112 valence electrons. The standard InChI is InChI=1S/C16H20N2O3/c1-3-13-15(19)17-14(10-4-5-10)16(20)18(13)11-6-8-12(21-2)9-7-11/h6-10,13-14H,3-5H2,1-2H3,(H,17,19). The Morgan fingerprint density at radius 1 is 1.24 bits per heavy atom. The Bertz CT molecular complexity index is 551. The molecule has 1 N–H and O–H groups in total. The third-order valence-corrected chi connectivity index (χ3v) is 4.25. The highest BCUT2D eigenvalue weighted by molar-refractivity contribution is 6.08. The van der Waals surface area contributed by atoms with Crippen LogP contribution in [0.1, 0.15) is 26.2 Å². The van der Waals surface area contributed by atoms with Gasteiger partial charge in [-0.3, -0.25) is 14.5 Å². The van der Waals surface area contributed by atoms with Gasteiger partial charge in [0.15, 0.2) is 0 Å². The van der Waals surface area contributed by atoms with Crippen LogP contribution in [0.4, 0.5) is 5.69 Å². The summed E-state index contributed by atoms with van der Waals surface area (Å²) in [6.45, 7) is 1.92. The molecule has 2 atom stereocenters. The van der Waals surface area contributed by atoms with Crippen molar-refractivity contribution in [3.8, 4) is 5.75 Å². The van der Waals surface area contributed by atoms with Gasteiger partial charge in [0.2, 0.25) is 5.91 Å². The Morgan fingerprint density at radius 3 is 2.43 bits per heavy atom. The van der Waals surface area contributed by atoms with Gasteiger partial charge in [-0.25, -0.2) is 0 Å². The van der Waals surface area contributed by atoms with Crippen LogP contribution in [0.15, 0.2) is 24.3 Å². The Balaban J connectivity index is 1.93. The van der Waals surface area contributed by atoms with Crippen molar-refractivity contribution in [3.05, 3.63) is 24.3 Å². The van der Waals surface area contributed by atoms with Crippen LogP contribution in [-0.4, -0.2) is 31.0 Å². The molecule has 2 aliphatic rings. The summed E-state index contributed by atoms with van der Waals surface area (Å²) in [5.41, 5.74) is 0.758. The van der Waals surface area contributed by atoms with Crippen LogP contribution in [0.3, 0.4) is 0 Å². The van der Waals surface area contributed by atoms with Gasteiger partial charge in [-0.15, -0.1) is 0 Å². The molecule has 2 amide bonds. The van der Waals surface area contributed by atoms with E-state index in [1.807, 2.05) is 31.2 Å². The molecule has 1 aromatic carbocycles. The fourth-order valence-electron chi connectivity index (χ4n) is 2.90. The largest absolute Gasteiger partial charge is 0.497 e. The van der Waals surface area contributed by atoms with E-state index in [1.165, 1.54) is 0 Å². The number of amides is 2. The zero-order chi connectivity index (χ0) is 15.0. The van der Waals surface area contributed by atoms with Crippen molar-refractivity contribution in [2.24, 2.45) is 5.92 Å². The summed E-state index contributed by atoms with van der Waals surface area (Å²) in [7, 11) is 1.60. The molecule has 5 nitrogen and oxygen atoms in total. The molecule has 0 radical (unpaired) electrons. The number of benzene rings is 1. The van der Waals surface area contributed by atoms with Crippen molar-refractivity contribution in [1.29, 1.82) is 0 Å². The van der Waals surface area contributed by atoms with Crippen LogP contribution in [0.25, 0.3) is 0 Å². The number of ether oxygens (including phenoxy) is 1. The van der Waals surface area contributed by atoms with Gasteiger partial charge in [-0.05, 0) is 49.4 Å². The van der Waals surface area contributed by atoms with E-state index in [2.05, 4.69) is 5.32 Å². The second-order valence-corrected chi connectivity index (χ2v) is 5.65. The van der Waals surface area contributed by atoms with Gasteiger partial charge in [0.1, 0.15) is 17.8 Å². The van der Waals surface area contributed by atoms with Gasteiger partial charge >= 0.3 is 0 Å². The number of piperazine rings is 1. The number of methoxy groups -OCH3 is 1.